The molecule has 0 aliphatic rings. The predicted molar refractivity (Wildman–Crippen MR) is 64.8 cm³/mol. The second kappa shape index (κ2) is 6.47. The lowest BCUT2D eigenvalue weighted by atomic mass is 9.97. The molecule has 0 rings (SSSR count). The van der Waals surface area contributed by atoms with Crippen molar-refractivity contribution in [2.45, 2.75) is 46.6 Å². The summed E-state index contributed by atoms with van der Waals surface area (Å²) >= 11 is 0. The third kappa shape index (κ3) is 8.54. The number of alkyl carbamates (subject to hydrolysis) is 1. The number of hydrogen-bond acceptors (Lipinski definition) is 3. The highest BCUT2D eigenvalue weighted by molar-refractivity contribution is 5.72. The van der Waals surface area contributed by atoms with E-state index in [0.29, 0.717) is 6.42 Å². The standard InChI is InChI=1S/C12H23NO4/c1-8(2)6-9(10(14)15)7-13-11(16)17-12(3,4)5/h8-9H,6-7H2,1-5H3,(H,13,16)(H,14,15)/t9-/m0/s1. The molecule has 2 N–H and O–H groups in total. The van der Waals surface area contributed by atoms with Crippen LogP contribution in [-0.2, 0) is 9.53 Å². The summed E-state index contributed by atoms with van der Waals surface area (Å²) in [5.41, 5.74) is -0.569. The highest BCUT2D eigenvalue weighted by Gasteiger charge is 2.21. The molecule has 5 heteroatoms. The van der Waals surface area contributed by atoms with Gasteiger partial charge >= 0.3 is 12.1 Å². The van der Waals surface area contributed by atoms with Crippen LogP contribution in [0.25, 0.3) is 0 Å². The maximum Gasteiger partial charge on any atom is 0.407 e. The number of carboxylic acid groups (broad SMARTS) is 1. The molecule has 0 saturated heterocycles. The third-order valence-corrected chi connectivity index (χ3v) is 2.00. The molecule has 0 radical (unpaired) electrons. The van der Waals surface area contributed by atoms with Gasteiger partial charge in [0.05, 0.1) is 5.92 Å². The SMILES string of the molecule is CC(C)C[C@@H](CNC(=O)OC(C)(C)C)C(=O)O. The molecule has 0 heterocycles. The minimum Gasteiger partial charge on any atom is -0.481 e. The fourth-order valence-corrected chi connectivity index (χ4v) is 1.36. The normalized spacial score (nSPS) is 13.3. The van der Waals surface area contributed by atoms with Crippen LogP contribution in [0.1, 0.15) is 41.0 Å². The summed E-state index contributed by atoms with van der Waals surface area (Å²) < 4.78 is 5.03. The average molecular weight is 245 g/mol. The largest absolute Gasteiger partial charge is 0.481 e. The first-order chi connectivity index (χ1) is 7.61. The van der Waals surface area contributed by atoms with Crippen molar-refractivity contribution in [3.8, 4) is 0 Å². The Kier molecular flexibility index (Phi) is 5.99. The van der Waals surface area contributed by atoms with E-state index >= 15 is 0 Å². The number of rotatable bonds is 5. The predicted octanol–water partition coefficient (Wildman–Crippen LogP) is 2.26. The van der Waals surface area contributed by atoms with Crippen molar-refractivity contribution in [2.75, 3.05) is 6.54 Å². The fourth-order valence-electron chi connectivity index (χ4n) is 1.36. The van der Waals surface area contributed by atoms with Gasteiger partial charge in [-0.1, -0.05) is 13.8 Å². The van der Waals surface area contributed by atoms with E-state index in [1.54, 1.807) is 20.8 Å². The maximum absolute atomic E-state index is 11.3. The first-order valence-corrected chi connectivity index (χ1v) is 5.81. The van der Waals surface area contributed by atoms with Crippen LogP contribution in [0.4, 0.5) is 4.79 Å². The number of amides is 1. The van der Waals surface area contributed by atoms with Crippen LogP contribution in [0.2, 0.25) is 0 Å². The maximum atomic E-state index is 11.3. The summed E-state index contributed by atoms with van der Waals surface area (Å²) in [7, 11) is 0. The summed E-state index contributed by atoms with van der Waals surface area (Å²) in [6.07, 6.45) is -0.0435. The van der Waals surface area contributed by atoms with Gasteiger partial charge in [0.15, 0.2) is 0 Å². The smallest absolute Gasteiger partial charge is 0.407 e. The number of carbonyl (C=O) groups is 2. The Morgan fingerprint density at radius 3 is 2.18 bits per heavy atom. The average Bonchev–Trinajstić information content (AvgIpc) is 2.08. The van der Waals surface area contributed by atoms with E-state index in [2.05, 4.69) is 5.32 Å². The van der Waals surface area contributed by atoms with E-state index in [0.717, 1.165) is 0 Å². The lowest BCUT2D eigenvalue weighted by molar-refractivity contribution is -0.142. The van der Waals surface area contributed by atoms with Crippen molar-refractivity contribution in [1.29, 1.82) is 0 Å². The summed E-state index contributed by atoms with van der Waals surface area (Å²) in [6, 6.07) is 0. The van der Waals surface area contributed by atoms with Crippen LogP contribution < -0.4 is 5.32 Å². The number of aliphatic carboxylic acids is 1. The van der Waals surface area contributed by atoms with Gasteiger partial charge in [-0.3, -0.25) is 4.79 Å². The Balaban J connectivity index is 4.13. The molecule has 17 heavy (non-hydrogen) atoms. The molecule has 0 aliphatic heterocycles. The van der Waals surface area contributed by atoms with E-state index in [9.17, 15) is 9.59 Å². The number of ether oxygens (including phenoxy) is 1. The molecule has 0 unspecified atom stereocenters. The molecule has 0 aromatic rings. The number of carbonyl (C=O) groups excluding carboxylic acids is 1. The lowest BCUT2D eigenvalue weighted by Gasteiger charge is -2.21. The van der Waals surface area contributed by atoms with Gasteiger partial charge < -0.3 is 15.2 Å². The van der Waals surface area contributed by atoms with Gasteiger partial charge in [-0.15, -0.1) is 0 Å². The zero-order valence-corrected chi connectivity index (χ0v) is 11.2. The van der Waals surface area contributed by atoms with Gasteiger partial charge in [0.25, 0.3) is 0 Å². The van der Waals surface area contributed by atoms with Crippen molar-refractivity contribution < 1.29 is 19.4 Å². The fraction of sp³-hybridized carbons (Fsp3) is 0.833. The molecular weight excluding hydrogens is 222 g/mol. The molecule has 100 valence electrons. The molecule has 0 bridgehead atoms. The summed E-state index contributed by atoms with van der Waals surface area (Å²) in [5.74, 6) is -1.19. The van der Waals surface area contributed by atoms with Crippen molar-refractivity contribution in [3.05, 3.63) is 0 Å². The van der Waals surface area contributed by atoms with Crippen LogP contribution in [-0.4, -0.2) is 29.3 Å². The van der Waals surface area contributed by atoms with Gasteiger partial charge in [0, 0.05) is 6.54 Å². The van der Waals surface area contributed by atoms with Crippen LogP contribution in [0.5, 0.6) is 0 Å². The molecule has 0 fully saturated rings. The Hall–Kier alpha value is -1.26. The van der Waals surface area contributed by atoms with Gasteiger partial charge in [-0.05, 0) is 33.1 Å². The second-order valence-electron chi connectivity index (χ2n) is 5.55. The van der Waals surface area contributed by atoms with Gasteiger partial charge in [-0.2, -0.15) is 0 Å². The Morgan fingerprint density at radius 1 is 1.29 bits per heavy atom. The van der Waals surface area contributed by atoms with E-state index < -0.39 is 23.6 Å². The van der Waals surface area contributed by atoms with Crippen molar-refractivity contribution in [1.82, 2.24) is 5.32 Å². The molecule has 0 aliphatic carbocycles. The highest BCUT2D eigenvalue weighted by atomic mass is 16.6. The van der Waals surface area contributed by atoms with E-state index in [1.807, 2.05) is 13.8 Å². The zero-order chi connectivity index (χ0) is 13.6. The summed E-state index contributed by atoms with van der Waals surface area (Å²) in [4.78, 5) is 22.3. The zero-order valence-electron chi connectivity index (χ0n) is 11.2. The van der Waals surface area contributed by atoms with Crippen molar-refractivity contribution >= 4 is 12.1 Å². The van der Waals surface area contributed by atoms with Gasteiger partial charge in [0.1, 0.15) is 5.60 Å². The van der Waals surface area contributed by atoms with Crippen LogP contribution in [0.3, 0.4) is 0 Å². The minimum absolute atomic E-state index is 0.0996. The third-order valence-electron chi connectivity index (χ3n) is 2.00. The Morgan fingerprint density at radius 2 is 1.82 bits per heavy atom. The van der Waals surface area contributed by atoms with Gasteiger partial charge in [0.2, 0.25) is 0 Å². The molecule has 0 aromatic carbocycles. The number of carboxylic acids is 1. The molecule has 0 saturated carbocycles. The number of hydrogen-bond donors (Lipinski definition) is 2. The Labute approximate surface area is 103 Å². The topological polar surface area (TPSA) is 75.6 Å². The molecular formula is C12H23NO4. The first-order valence-electron chi connectivity index (χ1n) is 5.81. The van der Waals surface area contributed by atoms with Gasteiger partial charge in [-0.25, -0.2) is 4.79 Å². The Bertz CT molecular complexity index is 268. The van der Waals surface area contributed by atoms with E-state index in [-0.39, 0.29) is 12.5 Å². The van der Waals surface area contributed by atoms with Crippen LogP contribution in [0, 0.1) is 11.8 Å². The molecule has 1 atom stereocenters. The van der Waals surface area contributed by atoms with Crippen LogP contribution >= 0.6 is 0 Å². The first kappa shape index (κ1) is 15.7. The highest BCUT2D eigenvalue weighted by Crippen LogP contribution is 2.12. The summed E-state index contributed by atoms with van der Waals surface area (Å²) in [5, 5.41) is 11.5. The van der Waals surface area contributed by atoms with Crippen molar-refractivity contribution in [2.24, 2.45) is 11.8 Å². The molecule has 1 amide bonds. The quantitative estimate of drug-likeness (QED) is 0.779. The van der Waals surface area contributed by atoms with E-state index in [1.165, 1.54) is 0 Å². The minimum atomic E-state index is -0.894. The molecule has 0 spiro atoms. The summed E-state index contributed by atoms with van der Waals surface area (Å²) in [6.45, 7) is 9.27. The van der Waals surface area contributed by atoms with Crippen LogP contribution in [0.15, 0.2) is 0 Å². The van der Waals surface area contributed by atoms with Crippen molar-refractivity contribution in [3.63, 3.8) is 0 Å². The molecule has 0 aromatic heterocycles. The second-order valence-corrected chi connectivity index (χ2v) is 5.55. The molecule has 5 nitrogen and oxygen atoms in total. The lowest BCUT2D eigenvalue weighted by Crippen LogP contribution is -2.37. The number of nitrogens with one attached hydrogen (secondary N) is 1. The monoisotopic (exact) mass is 245 g/mol. The van der Waals surface area contributed by atoms with E-state index in [4.69, 9.17) is 9.84 Å².